The molecule has 0 amide bonds. The Bertz CT molecular complexity index is 420. The van der Waals surface area contributed by atoms with Gasteiger partial charge in [-0.05, 0) is 19.1 Å². The molecule has 1 aromatic rings. The lowest BCUT2D eigenvalue weighted by molar-refractivity contribution is -0.137. The third-order valence-corrected chi connectivity index (χ3v) is 2.08. The van der Waals surface area contributed by atoms with Gasteiger partial charge in [0.15, 0.2) is 0 Å². The second-order valence-electron chi connectivity index (χ2n) is 3.53. The zero-order valence-electron chi connectivity index (χ0n) is 9.64. The van der Waals surface area contributed by atoms with Crippen LogP contribution in [0.1, 0.15) is 23.7 Å². The van der Waals surface area contributed by atoms with Gasteiger partial charge < -0.3 is 15.2 Å². The molecule has 0 aromatic carbocycles. The second-order valence-corrected chi connectivity index (χ2v) is 3.53. The van der Waals surface area contributed by atoms with Crippen LogP contribution in [0.2, 0.25) is 0 Å². The Morgan fingerprint density at radius 2 is 2.29 bits per heavy atom. The summed E-state index contributed by atoms with van der Waals surface area (Å²) in [5.74, 6) is -1.10. The largest absolute Gasteiger partial charge is 0.481 e. The molecule has 0 saturated heterocycles. The predicted molar refractivity (Wildman–Crippen MR) is 60.9 cm³/mol. The maximum atomic E-state index is 11.4. The smallest absolute Gasteiger partial charge is 0.341 e. The van der Waals surface area contributed by atoms with Crippen molar-refractivity contribution in [3.05, 3.63) is 23.9 Å². The van der Waals surface area contributed by atoms with Crippen LogP contribution in [0.25, 0.3) is 0 Å². The van der Waals surface area contributed by atoms with E-state index in [2.05, 4.69) is 15.0 Å². The number of anilines is 1. The topological polar surface area (TPSA) is 88.5 Å². The zero-order chi connectivity index (χ0) is 12.8. The summed E-state index contributed by atoms with van der Waals surface area (Å²) in [6, 6.07) is 2.85. The fourth-order valence-electron chi connectivity index (χ4n) is 1.34. The average molecular weight is 238 g/mol. The number of hydrogen-bond donors (Lipinski definition) is 2. The molecule has 1 aromatic heterocycles. The Hall–Kier alpha value is -2.11. The van der Waals surface area contributed by atoms with Crippen molar-refractivity contribution < 1.29 is 19.4 Å². The number of hydrogen-bond acceptors (Lipinski definition) is 5. The van der Waals surface area contributed by atoms with Gasteiger partial charge in [0.2, 0.25) is 0 Å². The first kappa shape index (κ1) is 13.0. The number of aliphatic carboxylic acids is 1. The molecular weight excluding hydrogens is 224 g/mol. The molecule has 92 valence electrons. The van der Waals surface area contributed by atoms with Crippen LogP contribution in [-0.2, 0) is 9.53 Å². The molecular formula is C11H14N2O4. The van der Waals surface area contributed by atoms with Crippen molar-refractivity contribution in [2.75, 3.05) is 12.4 Å². The number of esters is 1. The molecule has 0 saturated carbocycles. The number of methoxy groups -OCH3 is 1. The van der Waals surface area contributed by atoms with E-state index in [0.29, 0.717) is 5.82 Å². The van der Waals surface area contributed by atoms with E-state index in [1.54, 1.807) is 19.1 Å². The summed E-state index contributed by atoms with van der Waals surface area (Å²) in [7, 11) is 1.28. The molecule has 0 spiro atoms. The van der Waals surface area contributed by atoms with Crippen molar-refractivity contribution in [3.8, 4) is 0 Å². The lowest BCUT2D eigenvalue weighted by atomic mass is 10.2. The molecule has 0 aliphatic heterocycles. The van der Waals surface area contributed by atoms with Crippen molar-refractivity contribution in [2.24, 2.45) is 0 Å². The summed E-state index contributed by atoms with van der Waals surface area (Å²) in [6.07, 6.45) is 1.46. The van der Waals surface area contributed by atoms with Gasteiger partial charge in [0.25, 0.3) is 0 Å². The maximum Gasteiger partial charge on any atom is 0.341 e. The number of nitrogens with zero attached hydrogens (tertiary/aromatic N) is 1. The minimum atomic E-state index is -0.916. The summed E-state index contributed by atoms with van der Waals surface area (Å²) < 4.78 is 4.60. The van der Waals surface area contributed by atoms with Gasteiger partial charge in [0.1, 0.15) is 11.4 Å². The van der Waals surface area contributed by atoms with Crippen LogP contribution in [0, 0.1) is 0 Å². The third-order valence-electron chi connectivity index (χ3n) is 2.08. The lowest BCUT2D eigenvalue weighted by Gasteiger charge is -2.14. The maximum absolute atomic E-state index is 11.4. The standard InChI is InChI=1S/C11H14N2O4/c1-7(6-9(14)15)13-10-8(11(16)17-2)4-3-5-12-10/h3-5,7H,6H2,1-2H3,(H,12,13)(H,14,15). The van der Waals surface area contributed by atoms with Crippen molar-refractivity contribution in [3.63, 3.8) is 0 Å². The highest BCUT2D eigenvalue weighted by Gasteiger charge is 2.15. The minimum absolute atomic E-state index is 0.0583. The van der Waals surface area contributed by atoms with Gasteiger partial charge in [-0.2, -0.15) is 0 Å². The predicted octanol–water partition coefficient (Wildman–Crippen LogP) is 1.14. The first-order valence-electron chi connectivity index (χ1n) is 5.06. The average Bonchev–Trinajstić information content (AvgIpc) is 2.27. The van der Waals surface area contributed by atoms with Crippen LogP contribution in [0.5, 0.6) is 0 Å². The van der Waals surface area contributed by atoms with Crippen molar-refractivity contribution in [1.29, 1.82) is 0 Å². The van der Waals surface area contributed by atoms with Gasteiger partial charge in [0.05, 0.1) is 13.5 Å². The molecule has 1 unspecified atom stereocenters. The van der Waals surface area contributed by atoms with Crippen molar-refractivity contribution in [1.82, 2.24) is 4.98 Å². The van der Waals surface area contributed by atoms with Crippen LogP contribution < -0.4 is 5.32 Å². The van der Waals surface area contributed by atoms with E-state index in [0.717, 1.165) is 0 Å². The fourth-order valence-corrected chi connectivity index (χ4v) is 1.34. The summed E-state index contributed by atoms with van der Waals surface area (Å²) in [6.45, 7) is 1.70. The third kappa shape index (κ3) is 3.75. The molecule has 1 rings (SSSR count). The molecule has 1 atom stereocenters. The van der Waals surface area contributed by atoms with Crippen LogP contribution in [0.15, 0.2) is 18.3 Å². The number of nitrogens with one attached hydrogen (secondary N) is 1. The number of aromatic nitrogens is 1. The molecule has 2 N–H and O–H groups in total. The number of ether oxygens (including phenoxy) is 1. The molecule has 6 heteroatoms. The van der Waals surface area contributed by atoms with Gasteiger partial charge in [0, 0.05) is 12.2 Å². The van der Waals surface area contributed by atoms with Gasteiger partial charge in [-0.1, -0.05) is 0 Å². The van der Waals surface area contributed by atoms with E-state index >= 15 is 0 Å². The first-order chi connectivity index (χ1) is 8.04. The van der Waals surface area contributed by atoms with Crippen LogP contribution in [-0.4, -0.2) is 35.2 Å². The van der Waals surface area contributed by atoms with Gasteiger partial charge >= 0.3 is 11.9 Å². The van der Waals surface area contributed by atoms with Crippen LogP contribution in [0.4, 0.5) is 5.82 Å². The molecule has 0 fully saturated rings. The quantitative estimate of drug-likeness (QED) is 0.748. The number of carbonyl (C=O) groups is 2. The molecule has 0 aliphatic rings. The van der Waals surface area contributed by atoms with Crippen LogP contribution in [0.3, 0.4) is 0 Å². The Kier molecular flexibility index (Phi) is 4.45. The molecule has 0 radical (unpaired) electrons. The number of carbonyl (C=O) groups excluding carboxylic acids is 1. The highest BCUT2D eigenvalue weighted by atomic mass is 16.5. The molecule has 0 bridgehead atoms. The monoisotopic (exact) mass is 238 g/mol. The highest BCUT2D eigenvalue weighted by molar-refractivity contribution is 5.94. The number of carboxylic acid groups (broad SMARTS) is 1. The van der Waals surface area contributed by atoms with E-state index in [-0.39, 0.29) is 18.0 Å². The fraction of sp³-hybridized carbons (Fsp3) is 0.364. The Balaban J connectivity index is 2.83. The zero-order valence-corrected chi connectivity index (χ0v) is 9.64. The summed E-state index contributed by atoms with van der Waals surface area (Å²) in [5, 5.41) is 11.5. The summed E-state index contributed by atoms with van der Waals surface area (Å²) >= 11 is 0. The Morgan fingerprint density at radius 1 is 1.59 bits per heavy atom. The number of pyridine rings is 1. The van der Waals surface area contributed by atoms with Crippen molar-refractivity contribution >= 4 is 17.8 Å². The number of rotatable bonds is 5. The number of carboxylic acids is 1. The van der Waals surface area contributed by atoms with E-state index in [9.17, 15) is 9.59 Å². The molecule has 6 nitrogen and oxygen atoms in total. The molecule has 1 heterocycles. The van der Waals surface area contributed by atoms with E-state index in [4.69, 9.17) is 5.11 Å². The molecule has 17 heavy (non-hydrogen) atoms. The summed E-state index contributed by atoms with van der Waals surface area (Å²) in [4.78, 5) is 25.9. The highest BCUT2D eigenvalue weighted by Crippen LogP contribution is 2.14. The Labute approximate surface area is 98.6 Å². The van der Waals surface area contributed by atoms with E-state index in [1.165, 1.54) is 13.3 Å². The molecule has 0 aliphatic carbocycles. The summed E-state index contributed by atoms with van der Waals surface area (Å²) in [5.41, 5.74) is 0.284. The second kappa shape index (κ2) is 5.83. The van der Waals surface area contributed by atoms with Gasteiger partial charge in [-0.3, -0.25) is 4.79 Å². The van der Waals surface area contributed by atoms with Crippen LogP contribution >= 0.6 is 0 Å². The minimum Gasteiger partial charge on any atom is -0.481 e. The normalized spacial score (nSPS) is 11.6. The van der Waals surface area contributed by atoms with E-state index < -0.39 is 11.9 Å². The first-order valence-corrected chi connectivity index (χ1v) is 5.06. The van der Waals surface area contributed by atoms with Gasteiger partial charge in [-0.15, -0.1) is 0 Å². The lowest BCUT2D eigenvalue weighted by Crippen LogP contribution is -2.21. The SMILES string of the molecule is COC(=O)c1cccnc1NC(C)CC(=O)O. The Morgan fingerprint density at radius 3 is 2.88 bits per heavy atom. The van der Waals surface area contributed by atoms with E-state index in [1.807, 2.05) is 0 Å². The van der Waals surface area contributed by atoms with Gasteiger partial charge in [-0.25, -0.2) is 9.78 Å². The van der Waals surface area contributed by atoms with Crippen molar-refractivity contribution in [2.45, 2.75) is 19.4 Å².